The molecule has 118 valence electrons. The average molecular weight is 324 g/mol. The van der Waals surface area contributed by atoms with Crippen LogP contribution in [0.15, 0.2) is 47.8 Å². The smallest absolute Gasteiger partial charge is 0.268 e. The van der Waals surface area contributed by atoms with Gasteiger partial charge in [-0.3, -0.25) is 4.79 Å². The zero-order valence-corrected chi connectivity index (χ0v) is 14.0. The first-order valence-corrected chi connectivity index (χ1v) is 9.03. The van der Waals surface area contributed by atoms with Crippen LogP contribution in [0.25, 0.3) is 10.2 Å². The molecule has 23 heavy (non-hydrogen) atoms. The summed E-state index contributed by atoms with van der Waals surface area (Å²) in [5.41, 5.74) is 3.12. The maximum absolute atomic E-state index is 12.7. The zero-order chi connectivity index (χ0) is 15.8. The molecule has 2 heterocycles. The Balaban J connectivity index is 1.72. The van der Waals surface area contributed by atoms with Crippen molar-refractivity contribution in [1.29, 1.82) is 0 Å². The number of carbonyl (C=O) groups is 1. The molecule has 1 saturated carbocycles. The van der Waals surface area contributed by atoms with E-state index in [1.54, 1.807) is 11.3 Å². The first kappa shape index (κ1) is 14.5. The highest BCUT2D eigenvalue weighted by molar-refractivity contribution is 7.17. The van der Waals surface area contributed by atoms with Crippen molar-refractivity contribution >= 4 is 27.5 Å². The molecule has 1 aliphatic rings. The van der Waals surface area contributed by atoms with Gasteiger partial charge in [-0.05, 0) is 48.8 Å². The summed E-state index contributed by atoms with van der Waals surface area (Å²) < 4.78 is 3.34. The molecular weight excluding hydrogens is 304 g/mol. The largest absolute Gasteiger partial charge is 0.350 e. The van der Waals surface area contributed by atoms with E-state index in [1.165, 1.54) is 23.1 Å². The monoisotopic (exact) mass is 324 g/mol. The van der Waals surface area contributed by atoms with Crippen LogP contribution in [0.5, 0.6) is 0 Å². The molecule has 0 saturated heterocycles. The Kier molecular flexibility index (Phi) is 3.69. The van der Waals surface area contributed by atoms with Crippen LogP contribution in [0.1, 0.15) is 41.9 Å². The maximum Gasteiger partial charge on any atom is 0.268 e. The number of rotatable bonds is 5. The Hall–Kier alpha value is -2.07. The van der Waals surface area contributed by atoms with E-state index in [-0.39, 0.29) is 11.9 Å². The fraction of sp³-hybridized carbons (Fsp3) is 0.316. The first-order chi connectivity index (χ1) is 11.2. The van der Waals surface area contributed by atoms with Gasteiger partial charge in [0.05, 0.1) is 16.3 Å². The number of amides is 1. The van der Waals surface area contributed by atoms with Crippen molar-refractivity contribution in [2.24, 2.45) is 5.92 Å². The van der Waals surface area contributed by atoms with Crippen LogP contribution in [0.3, 0.4) is 0 Å². The number of nitrogens with one attached hydrogen (secondary N) is 1. The van der Waals surface area contributed by atoms with E-state index >= 15 is 0 Å². The van der Waals surface area contributed by atoms with E-state index in [4.69, 9.17) is 0 Å². The molecule has 1 amide bonds. The van der Waals surface area contributed by atoms with Gasteiger partial charge < -0.3 is 9.88 Å². The highest BCUT2D eigenvalue weighted by atomic mass is 32.1. The molecule has 4 heteroatoms. The molecule has 2 aromatic heterocycles. The Bertz CT molecular complexity index is 830. The Labute approximate surface area is 139 Å². The average Bonchev–Trinajstić information content (AvgIpc) is 3.18. The third-order valence-corrected chi connectivity index (χ3v) is 5.46. The number of hydrogen-bond donors (Lipinski definition) is 1. The summed E-state index contributed by atoms with van der Waals surface area (Å²) >= 11 is 1.69. The van der Waals surface area contributed by atoms with Crippen molar-refractivity contribution in [2.45, 2.75) is 25.8 Å². The second-order valence-electron chi connectivity index (χ2n) is 6.31. The molecule has 1 atom stereocenters. The molecule has 1 aliphatic carbocycles. The number of fused-ring (bicyclic) bond motifs is 1. The number of hydrogen-bond acceptors (Lipinski definition) is 2. The number of thiophene rings is 1. The summed E-state index contributed by atoms with van der Waals surface area (Å²) in [5, 5.41) is 5.19. The van der Waals surface area contributed by atoms with E-state index in [0.29, 0.717) is 5.92 Å². The molecule has 0 spiro atoms. The highest BCUT2D eigenvalue weighted by Crippen LogP contribution is 2.32. The highest BCUT2D eigenvalue weighted by Gasteiger charge is 2.24. The second kappa shape index (κ2) is 5.85. The van der Waals surface area contributed by atoms with E-state index in [2.05, 4.69) is 40.4 Å². The fourth-order valence-electron chi connectivity index (χ4n) is 3.07. The van der Waals surface area contributed by atoms with Gasteiger partial charge in [0, 0.05) is 6.54 Å². The third-order valence-electron chi connectivity index (χ3n) is 4.61. The molecule has 1 N–H and O–H groups in total. The number of aromatic nitrogens is 1. The summed E-state index contributed by atoms with van der Waals surface area (Å²) in [6.07, 6.45) is 2.49. The van der Waals surface area contributed by atoms with Gasteiger partial charge in [-0.1, -0.05) is 30.3 Å². The van der Waals surface area contributed by atoms with Crippen molar-refractivity contribution in [3.8, 4) is 0 Å². The minimum atomic E-state index is 0.0445. The lowest BCUT2D eigenvalue weighted by Crippen LogP contribution is -2.28. The predicted octanol–water partition coefficient (Wildman–Crippen LogP) is 4.45. The molecule has 1 aromatic carbocycles. The van der Waals surface area contributed by atoms with Gasteiger partial charge in [0.25, 0.3) is 5.91 Å². The van der Waals surface area contributed by atoms with Crippen LogP contribution < -0.4 is 5.32 Å². The van der Waals surface area contributed by atoms with Gasteiger partial charge in [-0.25, -0.2) is 0 Å². The van der Waals surface area contributed by atoms with Gasteiger partial charge >= 0.3 is 0 Å². The van der Waals surface area contributed by atoms with E-state index in [9.17, 15) is 4.79 Å². The van der Waals surface area contributed by atoms with Crippen LogP contribution in [0.2, 0.25) is 0 Å². The summed E-state index contributed by atoms with van der Waals surface area (Å²) in [6, 6.07) is 14.6. The molecule has 1 unspecified atom stereocenters. The topological polar surface area (TPSA) is 34.0 Å². The Morgan fingerprint density at radius 1 is 1.30 bits per heavy atom. The van der Waals surface area contributed by atoms with Crippen molar-refractivity contribution in [1.82, 2.24) is 9.88 Å². The van der Waals surface area contributed by atoms with Crippen molar-refractivity contribution < 1.29 is 4.79 Å². The molecule has 3 nitrogen and oxygen atoms in total. The van der Waals surface area contributed by atoms with E-state index in [0.717, 1.165) is 17.8 Å². The molecule has 1 fully saturated rings. The van der Waals surface area contributed by atoms with Gasteiger partial charge in [-0.15, -0.1) is 11.3 Å². The van der Waals surface area contributed by atoms with Crippen LogP contribution >= 0.6 is 11.3 Å². The van der Waals surface area contributed by atoms with Crippen LogP contribution in [0, 0.1) is 5.92 Å². The standard InChI is InChI=1S/C19H20N2OS/c1-13(15-5-3-2-4-6-15)21-16-9-10-23-18(16)11-17(21)19(22)20-12-14-7-8-14/h2-6,9-11,13-14H,7-8,12H2,1H3,(H,20,22). The normalized spacial score (nSPS) is 15.7. The zero-order valence-electron chi connectivity index (χ0n) is 13.2. The maximum atomic E-state index is 12.7. The first-order valence-electron chi connectivity index (χ1n) is 8.15. The van der Waals surface area contributed by atoms with Gasteiger partial charge in [0.2, 0.25) is 0 Å². The fourth-order valence-corrected chi connectivity index (χ4v) is 3.88. The van der Waals surface area contributed by atoms with E-state index in [1.807, 2.05) is 24.3 Å². The molecule has 0 radical (unpaired) electrons. The Morgan fingerprint density at radius 3 is 2.83 bits per heavy atom. The molecular formula is C19H20N2OS. The van der Waals surface area contributed by atoms with Crippen LogP contribution in [0.4, 0.5) is 0 Å². The molecule has 4 rings (SSSR count). The molecule has 0 aliphatic heterocycles. The predicted molar refractivity (Wildman–Crippen MR) is 95.1 cm³/mol. The number of carbonyl (C=O) groups excluding carboxylic acids is 1. The molecule has 0 bridgehead atoms. The van der Waals surface area contributed by atoms with Crippen LogP contribution in [-0.2, 0) is 0 Å². The number of benzene rings is 1. The Morgan fingerprint density at radius 2 is 2.09 bits per heavy atom. The van der Waals surface area contributed by atoms with Crippen LogP contribution in [-0.4, -0.2) is 17.0 Å². The van der Waals surface area contributed by atoms with Crippen molar-refractivity contribution in [2.75, 3.05) is 6.54 Å². The lowest BCUT2D eigenvalue weighted by Gasteiger charge is -2.19. The van der Waals surface area contributed by atoms with Crippen molar-refractivity contribution in [3.63, 3.8) is 0 Å². The summed E-state index contributed by atoms with van der Waals surface area (Å²) in [7, 11) is 0. The summed E-state index contributed by atoms with van der Waals surface area (Å²) in [5.74, 6) is 0.734. The lowest BCUT2D eigenvalue weighted by atomic mass is 10.1. The van der Waals surface area contributed by atoms with Crippen molar-refractivity contribution in [3.05, 3.63) is 59.1 Å². The lowest BCUT2D eigenvalue weighted by molar-refractivity contribution is 0.0942. The quantitative estimate of drug-likeness (QED) is 0.739. The minimum Gasteiger partial charge on any atom is -0.350 e. The van der Waals surface area contributed by atoms with Gasteiger partial charge in [0.1, 0.15) is 5.69 Å². The second-order valence-corrected chi connectivity index (χ2v) is 7.26. The van der Waals surface area contributed by atoms with Gasteiger partial charge in [-0.2, -0.15) is 0 Å². The summed E-state index contributed by atoms with van der Waals surface area (Å²) in [4.78, 5) is 12.7. The SMILES string of the molecule is CC(c1ccccc1)n1c(C(=O)NCC2CC2)cc2sccc21. The minimum absolute atomic E-state index is 0.0445. The van der Waals surface area contributed by atoms with E-state index < -0.39 is 0 Å². The number of nitrogens with zero attached hydrogens (tertiary/aromatic N) is 1. The van der Waals surface area contributed by atoms with Gasteiger partial charge in [0.15, 0.2) is 0 Å². The molecule has 3 aromatic rings. The summed E-state index contributed by atoms with van der Waals surface area (Å²) in [6.45, 7) is 2.96. The third kappa shape index (κ3) is 2.79.